The van der Waals surface area contributed by atoms with Crippen LogP contribution in [0.1, 0.15) is 35.2 Å². The number of halogens is 6. The number of alkyl halides is 6. The van der Waals surface area contributed by atoms with E-state index in [0.29, 0.717) is 0 Å². The van der Waals surface area contributed by atoms with E-state index in [1.165, 1.54) is 26.2 Å². The average molecular weight is 475 g/mol. The molecule has 2 bridgehead atoms. The van der Waals surface area contributed by atoms with E-state index >= 15 is 0 Å². The number of amides is 1. The largest absolute Gasteiger partial charge is 0.435 e. The van der Waals surface area contributed by atoms with Crippen LogP contribution in [0.25, 0.3) is 0 Å². The van der Waals surface area contributed by atoms with Crippen molar-refractivity contribution in [1.82, 2.24) is 9.78 Å². The number of hydrogen-bond donors (Lipinski definition) is 2. The zero-order valence-electron chi connectivity index (χ0n) is 17.4. The molecule has 1 aromatic heterocycles. The van der Waals surface area contributed by atoms with Crippen LogP contribution < -0.4 is 5.32 Å². The van der Waals surface area contributed by atoms with Crippen molar-refractivity contribution in [2.45, 2.75) is 55.8 Å². The molecule has 0 spiro atoms. The van der Waals surface area contributed by atoms with E-state index in [2.05, 4.69) is 10.4 Å². The highest BCUT2D eigenvalue weighted by Crippen LogP contribution is 2.78. The van der Waals surface area contributed by atoms with Crippen molar-refractivity contribution in [3.8, 4) is 0 Å². The summed E-state index contributed by atoms with van der Waals surface area (Å²) in [4.78, 5) is 13.4. The second kappa shape index (κ2) is 6.50. The SMILES string of the molecule is Cc1cc(NC(=O)[C@]23C[C@@]2(c2cn(C)nc2C(F)(F)F)[C@H]2O[C@@H]3C[C@@H]2O)cc(C(F)(F)F)c1. The number of benzene rings is 1. The van der Waals surface area contributed by atoms with Gasteiger partial charge in [0, 0.05) is 36.3 Å². The Morgan fingerprint density at radius 2 is 1.91 bits per heavy atom. The Bertz CT molecular complexity index is 1160. The second-order valence-electron chi connectivity index (χ2n) is 9.07. The molecule has 5 atom stereocenters. The number of aryl methyl sites for hydroxylation is 2. The zero-order valence-corrected chi connectivity index (χ0v) is 17.4. The molecule has 1 aromatic carbocycles. The van der Waals surface area contributed by atoms with E-state index in [0.717, 1.165) is 16.8 Å². The lowest BCUT2D eigenvalue weighted by Gasteiger charge is -2.29. The third kappa shape index (κ3) is 2.96. The maximum Gasteiger partial charge on any atom is 0.435 e. The van der Waals surface area contributed by atoms with E-state index in [4.69, 9.17) is 4.74 Å². The molecule has 3 heterocycles. The van der Waals surface area contributed by atoms with E-state index in [9.17, 15) is 36.2 Å². The number of hydrogen-bond acceptors (Lipinski definition) is 4. The quantitative estimate of drug-likeness (QED) is 0.666. The van der Waals surface area contributed by atoms with Crippen LogP contribution in [0, 0.1) is 12.3 Å². The number of carbonyl (C=O) groups excluding carboxylic acids is 1. The maximum atomic E-state index is 13.7. The molecule has 2 aliphatic heterocycles. The molecular weight excluding hydrogens is 456 g/mol. The Labute approximate surface area is 183 Å². The topological polar surface area (TPSA) is 76.4 Å². The number of ether oxygens (including phenoxy) is 1. The predicted molar refractivity (Wildman–Crippen MR) is 101 cm³/mol. The van der Waals surface area contributed by atoms with Crippen molar-refractivity contribution in [3.05, 3.63) is 46.8 Å². The molecule has 3 aliphatic rings. The Morgan fingerprint density at radius 1 is 1.21 bits per heavy atom. The monoisotopic (exact) mass is 475 g/mol. The summed E-state index contributed by atoms with van der Waals surface area (Å²) in [6, 6.07) is 3.05. The van der Waals surface area contributed by atoms with Gasteiger partial charge in [0.1, 0.15) is 0 Å². The summed E-state index contributed by atoms with van der Waals surface area (Å²) >= 11 is 0. The van der Waals surface area contributed by atoms with Crippen LogP contribution in [0.3, 0.4) is 0 Å². The molecular formula is C21H19F6N3O3. The second-order valence-corrected chi connectivity index (χ2v) is 9.07. The van der Waals surface area contributed by atoms with Gasteiger partial charge in [-0.15, -0.1) is 0 Å². The Balaban J connectivity index is 1.56. The van der Waals surface area contributed by atoms with Crippen LogP contribution in [0.5, 0.6) is 0 Å². The Morgan fingerprint density at radius 3 is 2.55 bits per heavy atom. The number of aliphatic hydroxyl groups is 1. The van der Waals surface area contributed by atoms with Crippen molar-refractivity contribution in [1.29, 1.82) is 0 Å². The van der Waals surface area contributed by atoms with Crippen LogP contribution in [-0.2, 0) is 34.3 Å². The first-order chi connectivity index (χ1) is 15.2. The van der Waals surface area contributed by atoms with Gasteiger partial charge < -0.3 is 15.2 Å². The lowest BCUT2D eigenvalue weighted by molar-refractivity contribution is -0.143. The van der Waals surface area contributed by atoms with E-state index < -0.39 is 58.7 Å². The van der Waals surface area contributed by atoms with Gasteiger partial charge in [0.2, 0.25) is 5.91 Å². The normalized spacial score (nSPS) is 32.7. The first-order valence-corrected chi connectivity index (χ1v) is 10.2. The summed E-state index contributed by atoms with van der Waals surface area (Å²) in [6.45, 7) is 1.44. The number of rotatable bonds is 3. The molecule has 2 saturated heterocycles. The molecule has 33 heavy (non-hydrogen) atoms. The summed E-state index contributed by atoms with van der Waals surface area (Å²) in [6.07, 6.45) is -11.3. The van der Waals surface area contributed by atoms with Crippen LogP contribution in [-0.4, -0.2) is 39.1 Å². The van der Waals surface area contributed by atoms with Crippen molar-refractivity contribution in [3.63, 3.8) is 0 Å². The van der Waals surface area contributed by atoms with Crippen LogP contribution >= 0.6 is 0 Å². The van der Waals surface area contributed by atoms with Gasteiger partial charge in [-0.2, -0.15) is 31.4 Å². The average Bonchev–Trinajstić information content (AvgIpc) is 2.90. The predicted octanol–water partition coefficient (Wildman–Crippen LogP) is 3.56. The number of fused-ring (bicyclic) bond motifs is 5. The standard InChI is InChI=1S/C21H19F6N3O3/c1-9-3-10(20(22,23)24)5-11(4-9)28-17(32)19-8-18(19,16-13(31)6-14(19)33-16)12-7-30(2)29-15(12)21(25,26)27/h3-5,7,13-14,16,31H,6,8H2,1-2H3,(H,28,32)/t13-,14+,16-,18+,19+/m0/s1. The summed E-state index contributed by atoms with van der Waals surface area (Å²) in [5, 5.41) is 16.4. The molecule has 2 N–H and O–H groups in total. The highest BCUT2D eigenvalue weighted by molar-refractivity contribution is 6.01. The number of nitrogens with one attached hydrogen (secondary N) is 1. The first kappa shape index (κ1) is 22.2. The summed E-state index contributed by atoms with van der Waals surface area (Å²) in [5.74, 6) is -0.738. The summed E-state index contributed by atoms with van der Waals surface area (Å²) in [7, 11) is 1.31. The Kier molecular flexibility index (Phi) is 4.37. The highest BCUT2D eigenvalue weighted by Gasteiger charge is 2.88. The van der Waals surface area contributed by atoms with Gasteiger partial charge in [-0.3, -0.25) is 9.48 Å². The smallest absolute Gasteiger partial charge is 0.390 e. The molecule has 0 unspecified atom stereocenters. The van der Waals surface area contributed by atoms with Crippen molar-refractivity contribution in [2.75, 3.05) is 5.32 Å². The zero-order chi connectivity index (χ0) is 24.1. The number of aliphatic hydroxyl groups excluding tert-OH is 1. The third-order valence-electron chi connectivity index (χ3n) is 7.03. The maximum absolute atomic E-state index is 13.7. The van der Waals surface area contributed by atoms with Crippen LogP contribution in [0.15, 0.2) is 24.4 Å². The molecule has 12 heteroatoms. The first-order valence-electron chi connectivity index (χ1n) is 10.2. The number of nitrogens with zero attached hydrogens (tertiary/aromatic N) is 2. The molecule has 5 rings (SSSR count). The number of carbonyl (C=O) groups is 1. The van der Waals surface area contributed by atoms with E-state index in [-0.39, 0.29) is 29.7 Å². The molecule has 2 aromatic rings. The summed E-state index contributed by atoms with van der Waals surface area (Å²) in [5.41, 5.74) is -5.17. The van der Waals surface area contributed by atoms with Gasteiger partial charge in [-0.25, -0.2) is 0 Å². The lowest BCUT2D eigenvalue weighted by Crippen LogP contribution is -2.45. The molecule has 3 fully saturated rings. The number of aromatic nitrogens is 2. The molecule has 1 amide bonds. The minimum Gasteiger partial charge on any atom is -0.390 e. The molecule has 6 nitrogen and oxygen atoms in total. The van der Waals surface area contributed by atoms with E-state index in [1.807, 2.05) is 0 Å². The fourth-order valence-electron chi connectivity index (χ4n) is 5.78. The number of anilines is 1. The minimum absolute atomic E-state index is 0.0368. The molecule has 1 saturated carbocycles. The highest BCUT2D eigenvalue weighted by atomic mass is 19.4. The van der Waals surface area contributed by atoms with Crippen molar-refractivity contribution < 1.29 is 41.0 Å². The fraction of sp³-hybridized carbons (Fsp3) is 0.524. The summed E-state index contributed by atoms with van der Waals surface area (Å²) < 4.78 is 87.5. The lowest BCUT2D eigenvalue weighted by atomic mass is 9.73. The molecule has 0 radical (unpaired) electrons. The van der Waals surface area contributed by atoms with Gasteiger partial charge in [-0.05, 0) is 37.1 Å². The van der Waals surface area contributed by atoms with Crippen molar-refractivity contribution >= 4 is 11.6 Å². The molecule has 178 valence electrons. The fourth-order valence-corrected chi connectivity index (χ4v) is 5.78. The van der Waals surface area contributed by atoms with Gasteiger partial charge in [0.25, 0.3) is 0 Å². The third-order valence-corrected chi connectivity index (χ3v) is 7.03. The van der Waals surface area contributed by atoms with Gasteiger partial charge >= 0.3 is 12.4 Å². The van der Waals surface area contributed by atoms with Gasteiger partial charge in [0.05, 0.1) is 29.3 Å². The van der Waals surface area contributed by atoms with Gasteiger partial charge in [0.15, 0.2) is 5.69 Å². The van der Waals surface area contributed by atoms with Crippen molar-refractivity contribution in [2.24, 2.45) is 12.5 Å². The van der Waals surface area contributed by atoms with Crippen LogP contribution in [0.2, 0.25) is 0 Å². The Hall–Kier alpha value is -2.60. The minimum atomic E-state index is -4.80. The van der Waals surface area contributed by atoms with E-state index in [1.54, 1.807) is 0 Å². The van der Waals surface area contributed by atoms with Crippen LogP contribution in [0.4, 0.5) is 32.0 Å². The molecule has 1 aliphatic carbocycles. The van der Waals surface area contributed by atoms with Gasteiger partial charge in [-0.1, -0.05) is 0 Å².